The molecule has 0 aromatic heterocycles. The van der Waals surface area contributed by atoms with Gasteiger partial charge in [-0.15, -0.1) is 0 Å². The SMILES string of the molecule is CCCCCCCCCCCCCCCCCCCCC/C=C/C(O)C(COP(=O)(O)OCC[N+](C)(C)C)NC(=O)CCCCCCCCCCCCCCCCCCCCCCCCCCCCCCCCCCCCCCCCC. The number of carbonyl (C=O) groups excluding carboxylic acids is 1. The first-order valence-corrected chi connectivity index (χ1v) is 38.6. The van der Waals surface area contributed by atoms with Crippen LogP contribution in [-0.4, -0.2) is 73.4 Å². The topological polar surface area (TPSA) is 105 Å². The predicted octanol–water partition coefficient (Wildman–Crippen LogP) is 23.7. The molecule has 0 radical (unpaired) electrons. The van der Waals surface area contributed by atoms with Crippen LogP contribution in [-0.2, 0) is 18.4 Å². The molecule has 0 heterocycles. The van der Waals surface area contributed by atoms with Crippen LogP contribution >= 0.6 is 7.82 Å². The first kappa shape index (κ1) is 81.2. The number of amides is 1. The highest BCUT2D eigenvalue weighted by Crippen LogP contribution is 2.43. The van der Waals surface area contributed by atoms with Crippen LogP contribution in [0.5, 0.6) is 0 Å². The molecular formula is C73H148N2O6P+. The number of hydrogen-bond donors (Lipinski definition) is 3. The van der Waals surface area contributed by atoms with Crippen molar-refractivity contribution >= 4 is 13.7 Å². The highest BCUT2D eigenvalue weighted by atomic mass is 31.2. The number of quaternary nitrogens is 1. The highest BCUT2D eigenvalue weighted by Gasteiger charge is 2.28. The molecule has 3 atom stereocenters. The molecule has 1 amide bonds. The zero-order chi connectivity index (χ0) is 59.8. The maximum absolute atomic E-state index is 13.1. The van der Waals surface area contributed by atoms with E-state index < -0.39 is 20.0 Å². The lowest BCUT2D eigenvalue weighted by Crippen LogP contribution is -2.45. The number of aliphatic hydroxyl groups is 1. The number of carbonyl (C=O) groups is 1. The van der Waals surface area contributed by atoms with E-state index in [9.17, 15) is 19.4 Å². The van der Waals surface area contributed by atoms with Crippen molar-refractivity contribution in [2.45, 2.75) is 411 Å². The number of allylic oxidation sites excluding steroid dienone is 1. The Kier molecular flexibility index (Phi) is 64.1. The summed E-state index contributed by atoms with van der Waals surface area (Å²) in [7, 11) is 1.60. The molecule has 0 rings (SSSR count). The molecule has 0 aliphatic rings. The van der Waals surface area contributed by atoms with E-state index in [0.717, 1.165) is 32.1 Å². The Bertz CT molecular complexity index is 1340. The van der Waals surface area contributed by atoms with Gasteiger partial charge >= 0.3 is 7.82 Å². The van der Waals surface area contributed by atoms with Crippen molar-refractivity contribution in [1.29, 1.82) is 0 Å². The summed E-state index contributed by atoms with van der Waals surface area (Å²) in [4.78, 5) is 23.4. The minimum absolute atomic E-state index is 0.0655. The number of likely N-dealkylation sites (N-methyl/N-ethyl adjacent to an activating group) is 1. The molecule has 3 N–H and O–H groups in total. The van der Waals surface area contributed by atoms with E-state index in [1.165, 1.54) is 347 Å². The molecular weight excluding hydrogens is 1030 g/mol. The molecule has 9 heteroatoms. The Morgan fingerprint density at radius 2 is 0.646 bits per heavy atom. The molecule has 0 aliphatic carbocycles. The van der Waals surface area contributed by atoms with E-state index in [2.05, 4.69) is 19.2 Å². The van der Waals surface area contributed by atoms with Crippen LogP contribution in [0.2, 0.25) is 0 Å². The van der Waals surface area contributed by atoms with Crippen LogP contribution in [0.15, 0.2) is 12.2 Å². The average molecular weight is 1180 g/mol. The van der Waals surface area contributed by atoms with Gasteiger partial charge in [0.25, 0.3) is 0 Å². The van der Waals surface area contributed by atoms with E-state index in [0.29, 0.717) is 17.4 Å². The standard InChI is InChI=1S/C73H147N2O6P/c1-6-8-10-12-14-16-18-20-22-24-26-28-29-30-31-32-33-34-35-36-37-38-39-40-41-42-43-44-45-47-49-51-53-55-57-59-61-63-65-67-73(77)74-71(70-81-82(78,79)80-69-68-75(3,4)5)72(76)66-64-62-60-58-56-54-52-50-48-46-27-25-23-21-19-17-15-13-11-9-7-2/h64,66,71-72,76H,6-63,65,67-70H2,1-5H3,(H-,74,77,78,79)/p+1/b66-64+. The lowest BCUT2D eigenvalue weighted by molar-refractivity contribution is -0.870. The summed E-state index contributed by atoms with van der Waals surface area (Å²) in [6.07, 6.45) is 83.9. The molecule has 0 saturated carbocycles. The number of nitrogens with zero attached hydrogens (tertiary/aromatic N) is 1. The van der Waals surface area contributed by atoms with Crippen molar-refractivity contribution in [3.63, 3.8) is 0 Å². The van der Waals surface area contributed by atoms with Gasteiger partial charge < -0.3 is 19.8 Å². The summed E-state index contributed by atoms with van der Waals surface area (Å²) < 4.78 is 23.8. The fourth-order valence-electron chi connectivity index (χ4n) is 11.8. The summed E-state index contributed by atoms with van der Waals surface area (Å²) in [5, 5.41) is 14.0. The fraction of sp³-hybridized carbons (Fsp3) is 0.959. The van der Waals surface area contributed by atoms with Gasteiger partial charge in [-0.05, 0) is 19.3 Å². The Balaban J connectivity index is 3.89. The van der Waals surface area contributed by atoms with Crippen molar-refractivity contribution in [2.75, 3.05) is 40.9 Å². The first-order chi connectivity index (χ1) is 40.0. The zero-order valence-corrected chi connectivity index (χ0v) is 57.2. The Hall–Kier alpha value is -0.760. The number of aliphatic hydroxyl groups excluding tert-OH is 1. The maximum atomic E-state index is 13.1. The van der Waals surface area contributed by atoms with E-state index in [-0.39, 0.29) is 19.1 Å². The van der Waals surface area contributed by atoms with E-state index in [4.69, 9.17) is 9.05 Å². The Labute approximate surface area is 513 Å². The van der Waals surface area contributed by atoms with Gasteiger partial charge in [-0.1, -0.05) is 386 Å². The monoisotopic (exact) mass is 1180 g/mol. The van der Waals surface area contributed by atoms with Gasteiger partial charge in [-0.25, -0.2) is 4.57 Å². The normalized spacial score (nSPS) is 13.6. The van der Waals surface area contributed by atoms with Crippen LogP contribution < -0.4 is 5.32 Å². The average Bonchev–Trinajstić information content (AvgIpc) is 3.47. The lowest BCUT2D eigenvalue weighted by atomic mass is 10.0. The van der Waals surface area contributed by atoms with E-state index in [1.54, 1.807) is 6.08 Å². The molecule has 0 bridgehead atoms. The molecule has 0 aromatic carbocycles. The zero-order valence-electron chi connectivity index (χ0n) is 56.3. The molecule has 82 heavy (non-hydrogen) atoms. The summed E-state index contributed by atoms with van der Waals surface area (Å²) in [6, 6.07) is -0.844. The van der Waals surface area contributed by atoms with Gasteiger partial charge in [0.2, 0.25) is 5.91 Å². The smallest absolute Gasteiger partial charge is 0.387 e. The van der Waals surface area contributed by atoms with Gasteiger partial charge in [0, 0.05) is 6.42 Å². The largest absolute Gasteiger partial charge is 0.472 e. The second-order valence-electron chi connectivity index (χ2n) is 27.0. The second-order valence-corrected chi connectivity index (χ2v) is 28.5. The molecule has 0 spiro atoms. The van der Waals surface area contributed by atoms with E-state index >= 15 is 0 Å². The predicted molar refractivity (Wildman–Crippen MR) is 360 cm³/mol. The Morgan fingerprint density at radius 3 is 0.902 bits per heavy atom. The molecule has 490 valence electrons. The molecule has 3 unspecified atom stereocenters. The van der Waals surface area contributed by atoms with Crippen molar-refractivity contribution in [2.24, 2.45) is 0 Å². The van der Waals surface area contributed by atoms with Gasteiger partial charge in [0.15, 0.2) is 0 Å². The lowest BCUT2D eigenvalue weighted by Gasteiger charge is -2.25. The Morgan fingerprint density at radius 1 is 0.402 bits per heavy atom. The summed E-state index contributed by atoms with van der Waals surface area (Å²) in [5.74, 6) is -0.167. The maximum Gasteiger partial charge on any atom is 0.472 e. The first-order valence-electron chi connectivity index (χ1n) is 37.1. The fourth-order valence-corrected chi connectivity index (χ4v) is 12.5. The number of nitrogens with one attached hydrogen (secondary N) is 1. The van der Waals surface area contributed by atoms with E-state index in [1.807, 2.05) is 27.2 Å². The second kappa shape index (κ2) is 64.7. The van der Waals surface area contributed by atoms with Crippen LogP contribution in [0.4, 0.5) is 0 Å². The van der Waals surface area contributed by atoms with Gasteiger partial charge in [-0.3, -0.25) is 13.8 Å². The minimum Gasteiger partial charge on any atom is -0.387 e. The van der Waals surface area contributed by atoms with Crippen molar-refractivity contribution in [1.82, 2.24) is 5.32 Å². The third-order valence-corrected chi connectivity index (χ3v) is 18.5. The van der Waals surface area contributed by atoms with Gasteiger partial charge in [-0.2, -0.15) is 0 Å². The highest BCUT2D eigenvalue weighted by molar-refractivity contribution is 7.47. The van der Waals surface area contributed by atoms with Crippen LogP contribution in [0.1, 0.15) is 399 Å². The number of hydrogen-bond acceptors (Lipinski definition) is 5. The van der Waals surface area contributed by atoms with Crippen LogP contribution in [0.3, 0.4) is 0 Å². The molecule has 0 aliphatic heterocycles. The molecule has 0 saturated heterocycles. The summed E-state index contributed by atoms with van der Waals surface area (Å²) in [5.41, 5.74) is 0. The number of phosphoric ester groups is 1. The van der Waals surface area contributed by atoms with Crippen molar-refractivity contribution < 1.29 is 32.9 Å². The minimum atomic E-state index is -4.35. The number of phosphoric acid groups is 1. The third-order valence-electron chi connectivity index (χ3n) is 17.5. The number of unbranched alkanes of at least 4 members (excludes halogenated alkanes) is 57. The van der Waals surface area contributed by atoms with Crippen molar-refractivity contribution in [3.05, 3.63) is 12.2 Å². The number of rotatable bonds is 70. The summed E-state index contributed by atoms with van der Waals surface area (Å²) >= 11 is 0. The van der Waals surface area contributed by atoms with Crippen LogP contribution in [0.25, 0.3) is 0 Å². The summed E-state index contributed by atoms with van der Waals surface area (Å²) in [6.45, 7) is 4.89. The van der Waals surface area contributed by atoms with Gasteiger partial charge in [0.1, 0.15) is 13.2 Å². The van der Waals surface area contributed by atoms with Crippen LogP contribution in [0, 0.1) is 0 Å². The van der Waals surface area contributed by atoms with Gasteiger partial charge in [0.05, 0.1) is 39.9 Å². The molecule has 0 aromatic rings. The molecule has 0 fully saturated rings. The third kappa shape index (κ3) is 66.8. The molecule has 8 nitrogen and oxygen atoms in total. The van der Waals surface area contributed by atoms with Crippen molar-refractivity contribution in [3.8, 4) is 0 Å². The quantitative estimate of drug-likeness (QED) is 0.0243.